The first-order valence-corrected chi connectivity index (χ1v) is 6.11. The second-order valence-corrected chi connectivity index (χ2v) is 4.56. The molecule has 0 unspecified atom stereocenters. The van der Waals surface area contributed by atoms with Crippen LogP contribution in [-0.4, -0.2) is 27.8 Å². The van der Waals surface area contributed by atoms with Gasteiger partial charge in [0.05, 0.1) is 23.0 Å². The van der Waals surface area contributed by atoms with Crippen molar-refractivity contribution in [3.05, 3.63) is 39.8 Å². The number of rotatable bonds is 2. The molecule has 0 N–H and O–H groups in total. The van der Waals surface area contributed by atoms with Gasteiger partial charge in [-0.15, -0.1) is 0 Å². The fourth-order valence-electron chi connectivity index (χ4n) is 1.66. The molecule has 94 valence electrons. The average molecular weight is 310 g/mol. The fraction of sp³-hybridized carbons (Fsp3) is 0.250. The van der Waals surface area contributed by atoms with Gasteiger partial charge in [0.1, 0.15) is 5.56 Å². The SMILES string of the molecule is COC(=O)c1cccnc1-n1nc(C)c(Br)c1C. The van der Waals surface area contributed by atoms with Crippen LogP contribution in [0.3, 0.4) is 0 Å². The van der Waals surface area contributed by atoms with Gasteiger partial charge in [0, 0.05) is 6.20 Å². The first-order chi connectivity index (χ1) is 8.56. The number of carbonyl (C=O) groups excluding carboxylic acids is 1. The van der Waals surface area contributed by atoms with Crippen molar-refractivity contribution in [1.82, 2.24) is 14.8 Å². The number of esters is 1. The smallest absolute Gasteiger partial charge is 0.341 e. The molecule has 0 bridgehead atoms. The number of aryl methyl sites for hydroxylation is 1. The predicted molar refractivity (Wildman–Crippen MR) is 69.9 cm³/mol. The molecule has 2 heterocycles. The Bertz CT molecular complexity index is 607. The molecule has 0 aliphatic heterocycles. The standard InChI is InChI=1S/C12H12BrN3O2/c1-7-10(13)8(2)16(15-7)11-9(12(17)18-3)5-4-6-14-11/h4-6H,1-3H3. The maximum Gasteiger partial charge on any atom is 0.341 e. The Morgan fingerprint density at radius 3 is 2.72 bits per heavy atom. The Kier molecular flexibility index (Phi) is 3.47. The van der Waals surface area contributed by atoms with E-state index in [0.29, 0.717) is 11.4 Å². The van der Waals surface area contributed by atoms with E-state index >= 15 is 0 Å². The normalized spacial score (nSPS) is 10.4. The van der Waals surface area contributed by atoms with Gasteiger partial charge in [-0.1, -0.05) is 0 Å². The summed E-state index contributed by atoms with van der Waals surface area (Å²) in [6.07, 6.45) is 1.62. The molecule has 0 radical (unpaired) electrons. The lowest BCUT2D eigenvalue weighted by molar-refractivity contribution is 0.0600. The van der Waals surface area contributed by atoms with Gasteiger partial charge >= 0.3 is 5.97 Å². The third-order valence-corrected chi connectivity index (χ3v) is 3.74. The fourth-order valence-corrected chi connectivity index (χ4v) is 1.91. The molecule has 2 aromatic heterocycles. The molecule has 0 spiro atoms. The molecule has 0 aliphatic rings. The third-order valence-electron chi connectivity index (χ3n) is 2.60. The molecular weight excluding hydrogens is 298 g/mol. The largest absolute Gasteiger partial charge is 0.465 e. The third kappa shape index (κ3) is 2.03. The number of hydrogen-bond donors (Lipinski definition) is 0. The lowest BCUT2D eigenvalue weighted by atomic mass is 10.2. The van der Waals surface area contributed by atoms with Crippen LogP contribution in [-0.2, 0) is 4.74 Å². The van der Waals surface area contributed by atoms with Crippen LogP contribution in [0, 0.1) is 13.8 Å². The summed E-state index contributed by atoms with van der Waals surface area (Å²) >= 11 is 3.45. The monoisotopic (exact) mass is 309 g/mol. The summed E-state index contributed by atoms with van der Waals surface area (Å²) in [5.41, 5.74) is 2.11. The van der Waals surface area contributed by atoms with Crippen molar-refractivity contribution < 1.29 is 9.53 Å². The van der Waals surface area contributed by atoms with Crippen LogP contribution in [0.2, 0.25) is 0 Å². The van der Waals surface area contributed by atoms with Crippen LogP contribution in [0.15, 0.2) is 22.8 Å². The summed E-state index contributed by atoms with van der Waals surface area (Å²) in [5.74, 6) is 0.0393. The minimum Gasteiger partial charge on any atom is -0.465 e. The molecular formula is C12H12BrN3O2. The quantitative estimate of drug-likeness (QED) is 0.800. The molecule has 6 heteroatoms. The van der Waals surface area contributed by atoms with Gasteiger partial charge in [0.25, 0.3) is 0 Å². The number of ether oxygens (including phenoxy) is 1. The van der Waals surface area contributed by atoms with E-state index in [0.717, 1.165) is 15.9 Å². The number of pyridine rings is 1. The Morgan fingerprint density at radius 1 is 1.44 bits per heavy atom. The van der Waals surface area contributed by atoms with Gasteiger partial charge in [0.15, 0.2) is 5.82 Å². The van der Waals surface area contributed by atoms with Crippen LogP contribution in [0.1, 0.15) is 21.7 Å². The highest BCUT2D eigenvalue weighted by molar-refractivity contribution is 9.10. The number of hydrogen-bond acceptors (Lipinski definition) is 4. The van der Waals surface area contributed by atoms with Crippen molar-refractivity contribution in [2.75, 3.05) is 7.11 Å². The van der Waals surface area contributed by atoms with Crippen molar-refractivity contribution in [1.29, 1.82) is 0 Å². The van der Waals surface area contributed by atoms with Gasteiger partial charge in [-0.3, -0.25) is 0 Å². The number of halogens is 1. The van der Waals surface area contributed by atoms with Crippen molar-refractivity contribution in [3.63, 3.8) is 0 Å². The molecule has 0 atom stereocenters. The number of methoxy groups -OCH3 is 1. The van der Waals surface area contributed by atoms with Crippen molar-refractivity contribution >= 4 is 21.9 Å². The first-order valence-electron chi connectivity index (χ1n) is 5.31. The predicted octanol–water partition coefficient (Wildman–Crippen LogP) is 2.43. The Balaban J connectivity index is 2.64. The first kappa shape index (κ1) is 12.8. The van der Waals surface area contributed by atoms with Gasteiger partial charge in [-0.25, -0.2) is 14.5 Å². The molecule has 0 amide bonds. The van der Waals surface area contributed by atoms with Crippen molar-refractivity contribution in [2.45, 2.75) is 13.8 Å². The maximum absolute atomic E-state index is 11.7. The molecule has 18 heavy (non-hydrogen) atoms. The van der Waals surface area contributed by atoms with E-state index in [1.165, 1.54) is 7.11 Å². The minimum absolute atomic E-state index is 0.387. The lowest BCUT2D eigenvalue weighted by Crippen LogP contribution is -2.11. The molecule has 2 aromatic rings. The van der Waals surface area contributed by atoms with Gasteiger partial charge in [0.2, 0.25) is 0 Å². The van der Waals surface area contributed by atoms with E-state index in [1.807, 2.05) is 13.8 Å². The second-order valence-electron chi connectivity index (χ2n) is 3.76. The number of nitrogens with zero attached hydrogens (tertiary/aromatic N) is 3. The van der Waals surface area contributed by atoms with Gasteiger partial charge < -0.3 is 4.74 Å². The highest BCUT2D eigenvalue weighted by Gasteiger charge is 2.18. The summed E-state index contributed by atoms with van der Waals surface area (Å²) in [5, 5.41) is 4.36. The van der Waals surface area contributed by atoms with Gasteiger partial charge in [-0.2, -0.15) is 5.10 Å². The van der Waals surface area contributed by atoms with Crippen LogP contribution in [0.5, 0.6) is 0 Å². The lowest BCUT2D eigenvalue weighted by Gasteiger charge is -2.08. The summed E-state index contributed by atoms with van der Waals surface area (Å²) in [6, 6.07) is 3.36. The molecule has 0 aromatic carbocycles. The summed E-state index contributed by atoms with van der Waals surface area (Å²) in [7, 11) is 1.34. The van der Waals surface area contributed by atoms with Crippen LogP contribution >= 0.6 is 15.9 Å². The topological polar surface area (TPSA) is 57.0 Å². The minimum atomic E-state index is -0.429. The zero-order valence-corrected chi connectivity index (χ0v) is 11.9. The van der Waals surface area contributed by atoms with Crippen LogP contribution in [0.4, 0.5) is 0 Å². The number of carbonyl (C=O) groups is 1. The van der Waals surface area contributed by atoms with E-state index in [9.17, 15) is 4.79 Å². The molecule has 2 rings (SSSR count). The molecule has 0 fully saturated rings. The van der Waals surface area contributed by atoms with Gasteiger partial charge in [-0.05, 0) is 41.9 Å². The van der Waals surface area contributed by atoms with E-state index in [2.05, 4.69) is 26.0 Å². The molecule has 0 saturated carbocycles. The van der Waals surface area contributed by atoms with E-state index in [-0.39, 0.29) is 0 Å². The van der Waals surface area contributed by atoms with E-state index < -0.39 is 5.97 Å². The van der Waals surface area contributed by atoms with Crippen molar-refractivity contribution in [3.8, 4) is 5.82 Å². The van der Waals surface area contributed by atoms with Crippen molar-refractivity contribution in [2.24, 2.45) is 0 Å². The number of aromatic nitrogens is 3. The van der Waals surface area contributed by atoms with Crippen LogP contribution < -0.4 is 0 Å². The summed E-state index contributed by atoms with van der Waals surface area (Å²) in [6.45, 7) is 3.79. The summed E-state index contributed by atoms with van der Waals surface area (Å²) < 4.78 is 7.28. The second kappa shape index (κ2) is 4.89. The Labute approximate surface area is 113 Å². The van der Waals surface area contributed by atoms with E-state index in [4.69, 9.17) is 4.74 Å². The maximum atomic E-state index is 11.7. The molecule has 5 nitrogen and oxygen atoms in total. The zero-order chi connectivity index (χ0) is 13.3. The zero-order valence-electron chi connectivity index (χ0n) is 10.3. The average Bonchev–Trinajstić information content (AvgIpc) is 2.65. The Morgan fingerprint density at radius 2 is 2.17 bits per heavy atom. The Hall–Kier alpha value is -1.69. The van der Waals surface area contributed by atoms with Crippen LogP contribution in [0.25, 0.3) is 5.82 Å². The van der Waals surface area contributed by atoms with E-state index in [1.54, 1.807) is 23.0 Å². The summed E-state index contributed by atoms with van der Waals surface area (Å²) in [4.78, 5) is 15.9. The highest BCUT2D eigenvalue weighted by atomic mass is 79.9. The highest BCUT2D eigenvalue weighted by Crippen LogP contribution is 2.23. The molecule has 0 aliphatic carbocycles. The molecule has 0 saturated heterocycles.